The minimum absolute atomic E-state index is 0.0664. The quantitative estimate of drug-likeness (QED) is 0.840. The number of nitrogens with zero attached hydrogens (tertiary/aromatic N) is 4. The molecule has 1 unspecified atom stereocenters. The van der Waals surface area contributed by atoms with E-state index in [9.17, 15) is 0 Å². The largest absolute Gasteiger partial charge is 0.418 e. The van der Waals surface area contributed by atoms with Crippen molar-refractivity contribution in [3.05, 3.63) is 11.6 Å². The molecular weight excluding hydrogens is 262 g/mol. The molecule has 2 heterocycles. The van der Waals surface area contributed by atoms with Crippen LogP contribution in [0.5, 0.6) is 0 Å². The molecule has 1 N–H and O–H groups in total. The highest BCUT2D eigenvalue weighted by molar-refractivity contribution is 7.09. The number of rotatable bonds is 7. The Morgan fingerprint density at radius 1 is 1.21 bits per heavy atom. The van der Waals surface area contributed by atoms with Gasteiger partial charge in [0, 0.05) is 0 Å². The second-order valence-corrected chi connectivity index (χ2v) is 5.17. The van der Waals surface area contributed by atoms with Crippen LogP contribution in [0.25, 0.3) is 10.8 Å². The lowest BCUT2D eigenvalue weighted by Crippen LogP contribution is -2.19. The molecule has 0 spiro atoms. The average molecular weight is 281 g/mol. The molecule has 2 rings (SSSR count). The smallest absolute Gasteiger partial charge is 0.261 e. The Bertz CT molecular complexity index is 510. The number of aryl methyl sites for hydroxylation is 1. The molecule has 7 heteroatoms. The Balaban J connectivity index is 2.13. The third-order valence-electron chi connectivity index (χ3n) is 2.75. The van der Waals surface area contributed by atoms with Crippen LogP contribution in [0.2, 0.25) is 0 Å². The van der Waals surface area contributed by atoms with E-state index in [1.54, 1.807) is 0 Å². The summed E-state index contributed by atoms with van der Waals surface area (Å²) in [6.07, 6.45) is 2.98. The number of aromatic nitrogens is 4. The van der Waals surface area contributed by atoms with Crippen molar-refractivity contribution in [2.45, 2.75) is 46.1 Å². The van der Waals surface area contributed by atoms with Crippen molar-refractivity contribution in [2.24, 2.45) is 0 Å². The minimum Gasteiger partial charge on any atom is -0.418 e. The standard InChI is InChI=1S/C12H19N5OS/c1-4-6-9-10(19-17-14-9)12-16-15-11(18-12)8(3)13-7-5-2/h8,13H,4-7H2,1-3H3. The van der Waals surface area contributed by atoms with E-state index >= 15 is 0 Å². The van der Waals surface area contributed by atoms with Crippen molar-refractivity contribution in [3.8, 4) is 10.8 Å². The molecule has 0 saturated heterocycles. The molecule has 0 bridgehead atoms. The van der Waals surface area contributed by atoms with Gasteiger partial charge in [-0.05, 0) is 37.8 Å². The topological polar surface area (TPSA) is 76.7 Å². The molecule has 0 radical (unpaired) electrons. The minimum atomic E-state index is 0.0664. The van der Waals surface area contributed by atoms with E-state index in [0.29, 0.717) is 11.8 Å². The molecule has 0 aliphatic carbocycles. The summed E-state index contributed by atoms with van der Waals surface area (Å²) in [5.41, 5.74) is 0.942. The van der Waals surface area contributed by atoms with Gasteiger partial charge in [0.15, 0.2) is 0 Å². The molecular formula is C12H19N5OS. The molecule has 1 atom stereocenters. The second-order valence-electron chi connectivity index (χ2n) is 4.42. The van der Waals surface area contributed by atoms with Crippen LogP contribution in [0.4, 0.5) is 0 Å². The summed E-state index contributed by atoms with van der Waals surface area (Å²) in [6.45, 7) is 7.19. The van der Waals surface area contributed by atoms with Gasteiger partial charge in [0.25, 0.3) is 5.89 Å². The van der Waals surface area contributed by atoms with Gasteiger partial charge in [0.1, 0.15) is 4.88 Å². The van der Waals surface area contributed by atoms with Gasteiger partial charge in [-0.1, -0.05) is 24.8 Å². The lowest BCUT2D eigenvalue weighted by molar-refractivity contribution is 0.423. The zero-order valence-electron chi connectivity index (χ0n) is 11.5. The summed E-state index contributed by atoms with van der Waals surface area (Å²) >= 11 is 1.31. The molecule has 6 nitrogen and oxygen atoms in total. The SMILES string of the molecule is CCCNC(C)c1nnc(-c2snnc2CCC)o1. The van der Waals surface area contributed by atoms with E-state index in [4.69, 9.17) is 4.42 Å². The highest BCUT2D eigenvalue weighted by Gasteiger charge is 2.18. The average Bonchev–Trinajstić information content (AvgIpc) is 3.04. The predicted octanol–water partition coefficient (Wildman–Crippen LogP) is 2.60. The Hall–Kier alpha value is -1.34. The van der Waals surface area contributed by atoms with Gasteiger partial charge in [0.05, 0.1) is 11.7 Å². The van der Waals surface area contributed by atoms with Gasteiger partial charge in [-0.3, -0.25) is 0 Å². The third kappa shape index (κ3) is 3.36. The zero-order valence-corrected chi connectivity index (χ0v) is 12.3. The molecule has 0 aromatic carbocycles. The van der Waals surface area contributed by atoms with Crippen molar-refractivity contribution in [1.82, 2.24) is 25.1 Å². The summed E-state index contributed by atoms with van der Waals surface area (Å²) < 4.78 is 9.69. The Morgan fingerprint density at radius 3 is 2.79 bits per heavy atom. The Morgan fingerprint density at radius 2 is 2.05 bits per heavy atom. The van der Waals surface area contributed by atoms with Crippen molar-refractivity contribution in [1.29, 1.82) is 0 Å². The first-order chi connectivity index (χ1) is 9.26. The highest BCUT2D eigenvalue weighted by atomic mass is 32.1. The lowest BCUT2D eigenvalue weighted by atomic mass is 10.2. The van der Waals surface area contributed by atoms with Gasteiger partial charge >= 0.3 is 0 Å². The lowest BCUT2D eigenvalue weighted by Gasteiger charge is -2.07. The monoisotopic (exact) mass is 281 g/mol. The van der Waals surface area contributed by atoms with Gasteiger partial charge in [0.2, 0.25) is 5.89 Å². The van der Waals surface area contributed by atoms with Crippen LogP contribution in [0.1, 0.15) is 51.2 Å². The van der Waals surface area contributed by atoms with Crippen LogP contribution in [0.15, 0.2) is 4.42 Å². The second kappa shape index (κ2) is 6.72. The van der Waals surface area contributed by atoms with Crippen LogP contribution in [0.3, 0.4) is 0 Å². The molecule has 0 fully saturated rings. The molecule has 19 heavy (non-hydrogen) atoms. The van der Waals surface area contributed by atoms with E-state index in [1.807, 2.05) is 6.92 Å². The highest BCUT2D eigenvalue weighted by Crippen LogP contribution is 2.26. The summed E-state index contributed by atoms with van der Waals surface area (Å²) in [7, 11) is 0. The number of nitrogens with one attached hydrogen (secondary N) is 1. The van der Waals surface area contributed by atoms with Gasteiger partial charge < -0.3 is 9.73 Å². The fourth-order valence-electron chi connectivity index (χ4n) is 1.72. The summed E-state index contributed by atoms with van der Waals surface area (Å²) in [6, 6.07) is 0.0664. The van der Waals surface area contributed by atoms with E-state index in [2.05, 4.69) is 38.9 Å². The third-order valence-corrected chi connectivity index (χ3v) is 3.50. The van der Waals surface area contributed by atoms with Crippen LogP contribution < -0.4 is 5.32 Å². The van der Waals surface area contributed by atoms with Crippen molar-refractivity contribution in [2.75, 3.05) is 6.54 Å². The first-order valence-electron chi connectivity index (χ1n) is 6.64. The van der Waals surface area contributed by atoms with Crippen molar-refractivity contribution < 1.29 is 4.42 Å². The Kier molecular flexibility index (Phi) is 4.98. The normalized spacial score (nSPS) is 12.8. The fourth-order valence-corrected chi connectivity index (χ4v) is 2.35. The summed E-state index contributed by atoms with van der Waals surface area (Å²) in [5, 5.41) is 15.6. The summed E-state index contributed by atoms with van der Waals surface area (Å²) in [4.78, 5) is 0.892. The fraction of sp³-hybridized carbons (Fsp3) is 0.667. The molecule has 0 saturated carbocycles. The Labute approximate surface area is 116 Å². The summed E-state index contributed by atoms with van der Waals surface area (Å²) in [5.74, 6) is 1.14. The van der Waals surface area contributed by atoms with Crippen molar-refractivity contribution in [3.63, 3.8) is 0 Å². The van der Waals surface area contributed by atoms with Crippen LogP contribution >= 0.6 is 11.5 Å². The maximum Gasteiger partial charge on any atom is 0.261 e. The van der Waals surface area contributed by atoms with Gasteiger partial charge in [-0.2, -0.15) is 0 Å². The molecule has 2 aromatic heterocycles. The first-order valence-corrected chi connectivity index (χ1v) is 7.42. The van der Waals surface area contributed by atoms with Gasteiger partial charge in [-0.15, -0.1) is 15.3 Å². The maximum absolute atomic E-state index is 5.72. The molecule has 0 aliphatic heterocycles. The number of hydrogen-bond acceptors (Lipinski definition) is 7. The molecule has 104 valence electrons. The zero-order chi connectivity index (χ0) is 13.7. The first kappa shape index (κ1) is 14.1. The maximum atomic E-state index is 5.72. The van der Waals surface area contributed by atoms with E-state index in [0.717, 1.165) is 36.4 Å². The molecule has 2 aromatic rings. The molecule has 0 aliphatic rings. The van der Waals surface area contributed by atoms with Crippen LogP contribution in [0, 0.1) is 0 Å². The van der Waals surface area contributed by atoms with Crippen LogP contribution in [-0.4, -0.2) is 26.3 Å². The van der Waals surface area contributed by atoms with E-state index < -0.39 is 0 Å². The number of hydrogen-bond donors (Lipinski definition) is 1. The predicted molar refractivity (Wildman–Crippen MR) is 73.9 cm³/mol. The van der Waals surface area contributed by atoms with Crippen molar-refractivity contribution >= 4 is 11.5 Å². The van der Waals surface area contributed by atoms with Gasteiger partial charge in [-0.25, -0.2) is 0 Å². The van der Waals surface area contributed by atoms with Crippen LogP contribution in [-0.2, 0) is 6.42 Å². The van der Waals surface area contributed by atoms with E-state index in [1.165, 1.54) is 11.5 Å². The van der Waals surface area contributed by atoms with E-state index in [-0.39, 0.29) is 6.04 Å². The molecule has 0 amide bonds.